The number of benzene rings is 1. The third kappa shape index (κ3) is 3.08. The average molecular weight is 253 g/mol. The van der Waals surface area contributed by atoms with E-state index in [4.69, 9.17) is 0 Å². The monoisotopic (exact) mass is 253 g/mol. The SMILES string of the molecule is CNCC(c1ccc(F)cc1F)C1CCCCC1. The van der Waals surface area contributed by atoms with Gasteiger partial charge in [0.05, 0.1) is 0 Å². The van der Waals surface area contributed by atoms with Gasteiger partial charge in [0.15, 0.2) is 0 Å². The quantitative estimate of drug-likeness (QED) is 0.859. The largest absolute Gasteiger partial charge is 0.319 e. The summed E-state index contributed by atoms with van der Waals surface area (Å²) in [5.74, 6) is -0.217. The summed E-state index contributed by atoms with van der Waals surface area (Å²) in [5, 5.41) is 3.14. The molecule has 1 N–H and O–H groups in total. The topological polar surface area (TPSA) is 12.0 Å². The molecule has 0 bridgehead atoms. The van der Waals surface area contributed by atoms with Crippen LogP contribution in [0.25, 0.3) is 0 Å². The van der Waals surface area contributed by atoms with Gasteiger partial charge in [0, 0.05) is 18.5 Å². The third-order valence-electron chi connectivity index (χ3n) is 4.00. The fourth-order valence-electron chi connectivity index (χ4n) is 3.09. The second-order valence-electron chi connectivity index (χ2n) is 5.23. The van der Waals surface area contributed by atoms with Gasteiger partial charge in [0.2, 0.25) is 0 Å². The van der Waals surface area contributed by atoms with Crippen LogP contribution in [-0.2, 0) is 0 Å². The highest BCUT2D eigenvalue weighted by Gasteiger charge is 2.26. The van der Waals surface area contributed by atoms with Crippen molar-refractivity contribution in [2.24, 2.45) is 5.92 Å². The van der Waals surface area contributed by atoms with Crippen LogP contribution in [0.3, 0.4) is 0 Å². The van der Waals surface area contributed by atoms with Gasteiger partial charge in [-0.15, -0.1) is 0 Å². The maximum Gasteiger partial charge on any atom is 0.129 e. The zero-order valence-corrected chi connectivity index (χ0v) is 10.9. The van der Waals surface area contributed by atoms with Gasteiger partial charge in [-0.1, -0.05) is 25.3 Å². The first-order valence-electron chi connectivity index (χ1n) is 6.82. The standard InChI is InChI=1S/C15H21F2N/c1-18-10-14(11-5-3-2-4-6-11)13-8-7-12(16)9-15(13)17/h7-9,11,14,18H,2-6,10H2,1H3. The average Bonchev–Trinajstić information content (AvgIpc) is 2.38. The maximum atomic E-state index is 13.9. The molecule has 2 rings (SSSR count). The van der Waals surface area contributed by atoms with Gasteiger partial charge >= 0.3 is 0 Å². The summed E-state index contributed by atoms with van der Waals surface area (Å²) in [6.45, 7) is 0.757. The Morgan fingerprint density at radius 3 is 2.56 bits per heavy atom. The second-order valence-corrected chi connectivity index (χ2v) is 5.23. The van der Waals surface area contributed by atoms with Crippen molar-refractivity contribution in [2.45, 2.75) is 38.0 Å². The summed E-state index contributed by atoms with van der Waals surface area (Å²) < 4.78 is 26.9. The molecule has 1 fully saturated rings. The molecule has 0 radical (unpaired) electrons. The number of rotatable bonds is 4. The molecule has 1 aromatic rings. The van der Waals surface area contributed by atoms with Crippen LogP contribution in [0.4, 0.5) is 8.78 Å². The Morgan fingerprint density at radius 2 is 1.94 bits per heavy atom. The Morgan fingerprint density at radius 1 is 1.22 bits per heavy atom. The summed E-state index contributed by atoms with van der Waals surface area (Å²) in [6, 6.07) is 3.98. The van der Waals surface area contributed by atoms with Crippen molar-refractivity contribution in [1.29, 1.82) is 0 Å². The van der Waals surface area contributed by atoms with Crippen LogP contribution >= 0.6 is 0 Å². The number of hydrogen-bond donors (Lipinski definition) is 1. The van der Waals surface area contributed by atoms with Gasteiger partial charge in [-0.05, 0) is 37.4 Å². The molecule has 0 aliphatic heterocycles. The number of nitrogens with one attached hydrogen (secondary N) is 1. The number of hydrogen-bond acceptors (Lipinski definition) is 1. The molecule has 1 aliphatic rings. The lowest BCUT2D eigenvalue weighted by atomic mass is 9.76. The molecule has 100 valence electrons. The highest BCUT2D eigenvalue weighted by molar-refractivity contribution is 5.24. The van der Waals surface area contributed by atoms with Crippen molar-refractivity contribution in [3.05, 3.63) is 35.4 Å². The van der Waals surface area contributed by atoms with Crippen LogP contribution in [0, 0.1) is 17.6 Å². The molecular weight excluding hydrogens is 232 g/mol. The van der Waals surface area contributed by atoms with Crippen molar-refractivity contribution in [1.82, 2.24) is 5.32 Å². The molecule has 0 aromatic heterocycles. The van der Waals surface area contributed by atoms with E-state index in [0.717, 1.165) is 25.5 Å². The number of halogens is 2. The molecule has 1 unspecified atom stereocenters. The Labute approximate surface area is 108 Å². The van der Waals surface area contributed by atoms with E-state index in [1.807, 2.05) is 7.05 Å². The summed E-state index contributed by atoms with van der Waals surface area (Å²) >= 11 is 0. The van der Waals surface area contributed by atoms with Gasteiger partial charge in [-0.25, -0.2) is 8.78 Å². The van der Waals surface area contributed by atoms with Crippen LogP contribution in [0.2, 0.25) is 0 Å². The molecule has 1 aliphatic carbocycles. The van der Waals surface area contributed by atoms with Crippen molar-refractivity contribution in [2.75, 3.05) is 13.6 Å². The molecular formula is C15H21F2N. The minimum atomic E-state index is -0.497. The Hall–Kier alpha value is -0.960. The molecule has 0 spiro atoms. The van der Waals surface area contributed by atoms with E-state index >= 15 is 0 Å². The predicted molar refractivity (Wildman–Crippen MR) is 69.6 cm³/mol. The van der Waals surface area contributed by atoms with Gasteiger partial charge in [0.25, 0.3) is 0 Å². The van der Waals surface area contributed by atoms with E-state index in [-0.39, 0.29) is 5.92 Å². The van der Waals surface area contributed by atoms with Crippen molar-refractivity contribution < 1.29 is 8.78 Å². The summed E-state index contributed by atoms with van der Waals surface area (Å²) in [4.78, 5) is 0. The molecule has 0 amide bonds. The molecule has 1 aromatic carbocycles. The highest BCUT2D eigenvalue weighted by atomic mass is 19.1. The summed E-state index contributed by atoms with van der Waals surface area (Å²) in [6.07, 6.45) is 6.06. The summed E-state index contributed by atoms with van der Waals surface area (Å²) in [7, 11) is 1.89. The smallest absolute Gasteiger partial charge is 0.129 e. The minimum absolute atomic E-state index is 0.163. The van der Waals surface area contributed by atoms with Gasteiger partial charge in [-0.3, -0.25) is 0 Å². The molecule has 1 saturated carbocycles. The van der Waals surface area contributed by atoms with Gasteiger partial charge < -0.3 is 5.32 Å². The van der Waals surface area contributed by atoms with E-state index in [1.165, 1.54) is 25.3 Å². The maximum absolute atomic E-state index is 13.9. The normalized spacial score (nSPS) is 18.8. The zero-order valence-electron chi connectivity index (χ0n) is 10.9. The lowest BCUT2D eigenvalue weighted by Gasteiger charge is -2.30. The Kier molecular flexibility index (Phi) is 4.70. The molecule has 1 atom stereocenters. The van der Waals surface area contributed by atoms with Gasteiger partial charge in [-0.2, -0.15) is 0 Å². The fraction of sp³-hybridized carbons (Fsp3) is 0.600. The Balaban J connectivity index is 2.22. The predicted octanol–water partition coefficient (Wildman–Crippen LogP) is 3.85. The fourth-order valence-corrected chi connectivity index (χ4v) is 3.09. The first kappa shape index (κ1) is 13.5. The summed E-state index contributed by atoms with van der Waals surface area (Å²) in [5.41, 5.74) is 0.664. The van der Waals surface area contributed by atoms with Gasteiger partial charge in [0.1, 0.15) is 11.6 Å². The second kappa shape index (κ2) is 6.28. The van der Waals surface area contributed by atoms with Crippen LogP contribution < -0.4 is 5.32 Å². The molecule has 1 nitrogen and oxygen atoms in total. The molecule has 0 saturated heterocycles. The molecule has 18 heavy (non-hydrogen) atoms. The van der Waals surface area contributed by atoms with E-state index in [2.05, 4.69) is 5.32 Å². The lowest BCUT2D eigenvalue weighted by molar-refractivity contribution is 0.295. The third-order valence-corrected chi connectivity index (χ3v) is 4.00. The van der Waals surface area contributed by atoms with Crippen LogP contribution in [0.1, 0.15) is 43.6 Å². The van der Waals surface area contributed by atoms with Crippen molar-refractivity contribution >= 4 is 0 Å². The lowest BCUT2D eigenvalue weighted by Crippen LogP contribution is -2.26. The first-order valence-corrected chi connectivity index (χ1v) is 6.82. The van der Waals surface area contributed by atoms with E-state index in [9.17, 15) is 8.78 Å². The molecule has 3 heteroatoms. The molecule has 0 heterocycles. The Bertz CT molecular complexity index is 386. The first-order chi connectivity index (χ1) is 8.72. The van der Waals surface area contributed by atoms with E-state index < -0.39 is 11.6 Å². The van der Waals surface area contributed by atoms with Crippen LogP contribution in [-0.4, -0.2) is 13.6 Å². The van der Waals surface area contributed by atoms with E-state index in [1.54, 1.807) is 6.07 Å². The highest BCUT2D eigenvalue weighted by Crippen LogP contribution is 2.36. The van der Waals surface area contributed by atoms with Crippen molar-refractivity contribution in [3.8, 4) is 0 Å². The van der Waals surface area contributed by atoms with Crippen molar-refractivity contribution in [3.63, 3.8) is 0 Å². The van der Waals surface area contributed by atoms with E-state index in [0.29, 0.717) is 11.5 Å². The van der Waals surface area contributed by atoms with Crippen LogP contribution in [0.5, 0.6) is 0 Å². The van der Waals surface area contributed by atoms with Crippen LogP contribution in [0.15, 0.2) is 18.2 Å². The minimum Gasteiger partial charge on any atom is -0.319 e. The zero-order chi connectivity index (χ0) is 13.0. The number of likely N-dealkylation sites (N-methyl/N-ethyl adjacent to an activating group) is 1.